The number of nitrogens with one attached hydrogen (secondary N) is 2. The normalized spacial score (nSPS) is 13.8. The third-order valence-electron chi connectivity index (χ3n) is 4.79. The van der Waals surface area contributed by atoms with E-state index in [0.29, 0.717) is 18.3 Å². The Kier molecular flexibility index (Phi) is 4.68. The van der Waals surface area contributed by atoms with Crippen molar-refractivity contribution in [1.82, 2.24) is 15.0 Å². The van der Waals surface area contributed by atoms with E-state index in [1.807, 2.05) is 18.2 Å². The average molecular weight is 381 g/mol. The number of carbonyl (C=O) groups excluding carboxylic acids is 1. The van der Waals surface area contributed by atoms with Gasteiger partial charge >= 0.3 is 0 Å². The van der Waals surface area contributed by atoms with Gasteiger partial charge in [-0.15, -0.1) is 0 Å². The molecular formula is C21H24N4OS. The van der Waals surface area contributed by atoms with Gasteiger partial charge in [-0.05, 0) is 41.5 Å². The maximum atomic E-state index is 11.7. The highest BCUT2D eigenvalue weighted by atomic mass is 32.2. The number of nitrogens with zero attached hydrogens (tertiary/aromatic N) is 2. The molecule has 0 unspecified atom stereocenters. The van der Waals surface area contributed by atoms with Gasteiger partial charge in [-0.1, -0.05) is 45.5 Å². The number of rotatable bonds is 5. The van der Waals surface area contributed by atoms with Crippen molar-refractivity contribution in [3.8, 4) is 0 Å². The van der Waals surface area contributed by atoms with Crippen molar-refractivity contribution in [2.75, 3.05) is 5.32 Å². The largest absolute Gasteiger partial charge is 0.343 e. The van der Waals surface area contributed by atoms with E-state index >= 15 is 0 Å². The minimum absolute atomic E-state index is 0.206. The first kappa shape index (κ1) is 18.0. The van der Waals surface area contributed by atoms with E-state index < -0.39 is 0 Å². The van der Waals surface area contributed by atoms with E-state index in [9.17, 15) is 4.79 Å². The summed E-state index contributed by atoms with van der Waals surface area (Å²) in [7, 11) is 0. The molecule has 27 heavy (non-hydrogen) atoms. The van der Waals surface area contributed by atoms with E-state index in [-0.39, 0.29) is 5.12 Å². The van der Waals surface area contributed by atoms with Gasteiger partial charge < -0.3 is 10.3 Å². The number of fused-ring (bicyclic) bond motifs is 2. The first-order chi connectivity index (χ1) is 12.9. The van der Waals surface area contributed by atoms with Gasteiger partial charge in [-0.3, -0.25) is 4.79 Å². The molecule has 6 heteroatoms. The van der Waals surface area contributed by atoms with Crippen molar-refractivity contribution in [2.24, 2.45) is 5.92 Å². The van der Waals surface area contributed by atoms with Gasteiger partial charge in [0.25, 0.3) is 0 Å². The zero-order valence-corrected chi connectivity index (χ0v) is 16.9. The first-order valence-corrected chi connectivity index (χ1v) is 10.2. The minimum Gasteiger partial charge on any atom is -0.343 e. The van der Waals surface area contributed by atoms with Crippen LogP contribution in [0.4, 0.5) is 11.5 Å². The van der Waals surface area contributed by atoms with E-state index in [0.717, 1.165) is 39.4 Å². The Labute approximate surface area is 163 Å². The summed E-state index contributed by atoms with van der Waals surface area (Å²) in [5, 5.41) is 4.73. The van der Waals surface area contributed by atoms with Crippen LogP contribution in [0.3, 0.4) is 0 Å². The van der Waals surface area contributed by atoms with Crippen molar-refractivity contribution < 1.29 is 4.79 Å². The summed E-state index contributed by atoms with van der Waals surface area (Å²) in [5.74, 6) is 1.74. The Hall–Kier alpha value is -2.34. The van der Waals surface area contributed by atoms with Crippen molar-refractivity contribution in [3.05, 3.63) is 41.3 Å². The second-order valence-electron chi connectivity index (χ2n) is 7.81. The Morgan fingerprint density at radius 3 is 2.78 bits per heavy atom. The molecule has 2 aromatic heterocycles. The molecule has 3 aromatic rings. The van der Waals surface area contributed by atoms with E-state index in [4.69, 9.17) is 0 Å². The fourth-order valence-electron chi connectivity index (χ4n) is 3.72. The van der Waals surface area contributed by atoms with E-state index in [1.54, 1.807) is 6.33 Å². The summed E-state index contributed by atoms with van der Waals surface area (Å²) in [6, 6.07) is 6.08. The maximum absolute atomic E-state index is 11.7. The molecule has 0 spiro atoms. The molecule has 0 radical (unpaired) electrons. The summed E-state index contributed by atoms with van der Waals surface area (Å²) in [5.41, 5.74) is 5.45. The number of anilines is 2. The Morgan fingerprint density at radius 1 is 1.22 bits per heavy atom. The summed E-state index contributed by atoms with van der Waals surface area (Å²) in [6.45, 7) is 8.87. The lowest BCUT2D eigenvalue weighted by molar-refractivity contribution is -0.110. The summed E-state index contributed by atoms with van der Waals surface area (Å²) >= 11 is 1.32. The van der Waals surface area contributed by atoms with Crippen LogP contribution in [-0.2, 0) is 17.6 Å². The molecule has 1 aliphatic heterocycles. The highest BCUT2D eigenvalue weighted by molar-refractivity contribution is 8.14. The molecule has 0 saturated carbocycles. The van der Waals surface area contributed by atoms with Crippen molar-refractivity contribution in [1.29, 1.82) is 0 Å². The van der Waals surface area contributed by atoms with Gasteiger partial charge in [0.05, 0.1) is 5.39 Å². The molecule has 1 aliphatic rings. The lowest BCUT2D eigenvalue weighted by atomic mass is 9.96. The van der Waals surface area contributed by atoms with Crippen LogP contribution in [0.15, 0.2) is 29.4 Å². The van der Waals surface area contributed by atoms with Crippen LogP contribution in [0, 0.1) is 5.92 Å². The Morgan fingerprint density at radius 2 is 2.04 bits per heavy atom. The molecule has 0 fully saturated rings. The van der Waals surface area contributed by atoms with Crippen LogP contribution >= 0.6 is 11.8 Å². The summed E-state index contributed by atoms with van der Waals surface area (Å²) < 4.78 is 0. The fraction of sp³-hybridized carbons (Fsp3) is 0.381. The van der Waals surface area contributed by atoms with E-state index in [2.05, 4.69) is 48.0 Å². The zero-order valence-electron chi connectivity index (χ0n) is 16.1. The molecule has 0 bridgehead atoms. The number of hydrogen-bond acceptors (Lipinski definition) is 5. The molecule has 0 aliphatic carbocycles. The fourth-order valence-corrected chi connectivity index (χ4v) is 4.65. The van der Waals surface area contributed by atoms with E-state index in [1.165, 1.54) is 23.0 Å². The van der Waals surface area contributed by atoms with Gasteiger partial charge in [0.15, 0.2) is 5.12 Å². The highest BCUT2D eigenvalue weighted by Crippen LogP contribution is 2.37. The summed E-state index contributed by atoms with van der Waals surface area (Å²) in [4.78, 5) is 25.2. The predicted molar refractivity (Wildman–Crippen MR) is 111 cm³/mol. The third kappa shape index (κ3) is 3.46. The number of hydrogen-bond donors (Lipinski definition) is 2. The Bertz CT molecular complexity index is 1020. The topological polar surface area (TPSA) is 70.7 Å². The molecule has 5 nitrogen and oxygen atoms in total. The van der Waals surface area contributed by atoms with Crippen molar-refractivity contribution in [2.45, 2.75) is 51.3 Å². The molecule has 3 heterocycles. The Balaban J connectivity index is 1.77. The lowest BCUT2D eigenvalue weighted by Gasteiger charge is -2.13. The van der Waals surface area contributed by atoms with Crippen molar-refractivity contribution >= 4 is 39.4 Å². The number of H-pyrrole nitrogens is 1. The number of benzene rings is 1. The monoisotopic (exact) mass is 380 g/mol. The number of aromatic nitrogens is 3. The first-order valence-electron chi connectivity index (χ1n) is 9.38. The minimum atomic E-state index is 0.206. The molecule has 1 aromatic carbocycles. The molecular weight excluding hydrogens is 356 g/mol. The second-order valence-corrected chi connectivity index (χ2v) is 8.91. The van der Waals surface area contributed by atoms with Crippen LogP contribution in [-0.4, -0.2) is 20.1 Å². The zero-order chi connectivity index (χ0) is 19.1. The smallest absolute Gasteiger partial charge is 0.198 e. The van der Waals surface area contributed by atoms with Gasteiger partial charge in [0.1, 0.15) is 17.8 Å². The quantitative estimate of drug-likeness (QED) is 0.637. The third-order valence-corrected chi connectivity index (χ3v) is 5.76. The second kappa shape index (κ2) is 7.00. The van der Waals surface area contributed by atoms with Gasteiger partial charge in [-0.25, -0.2) is 9.97 Å². The highest BCUT2D eigenvalue weighted by Gasteiger charge is 2.22. The molecule has 2 N–H and O–H groups in total. The van der Waals surface area contributed by atoms with Crippen molar-refractivity contribution in [3.63, 3.8) is 0 Å². The molecule has 4 rings (SSSR count). The predicted octanol–water partition coefficient (Wildman–Crippen LogP) is 5.20. The molecule has 0 amide bonds. The molecule has 0 atom stereocenters. The van der Waals surface area contributed by atoms with Gasteiger partial charge in [0, 0.05) is 22.7 Å². The number of carbonyl (C=O) groups is 1. The standard InChI is InChI=1S/C21H24N4OS/c1-11(2)7-15-18(12(3)4)19-20(22-10-23-21(19)25-15)24-14-6-5-13-8-17(26)27-16(13)9-14/h5-6,9-12H,7-8H2,1-4H3,(H2,22,23,24,25). The average Bonchev–Trinajstić information content (AvgIpc) is 3.13. The van der Waals surface area contributed by atoms with Crippen LogP contribution in [0.1, 0.15) is 50.4 Å². The molecule has 0 saturated heterocycles. The maximum Gasteiger partial charge on any atom is 0.198 e. The lowest BCUT2D eigenvalue weighted by Crippen LogP contribution is -2.01. The van der Waals surface area contributed by atoms with Crippen LogP contribution in [0.25, 0.3) is 11.0 Å². The van der Waals surface area contributed by atoms with Gasteiger partial charge in [0.2, 0.25) is 0 Å². The SMILES string of the molecule is CC(C)Cc1[nH]c2ncnc(Nc3ccc4c(c3)SC(=O)C4)c2c1C(C)C. The van der Waals surface area contributed by atoms with Crippen LogP contribution in [0.5, 0.6) is 0 Å². The molecule has 140 valence electrons. The summed E-state index contributed by atoms with van der Waals surface area (Å²) in [6.07, 6.45) is 3.10. The van der Waals surface area contributed by atoms with Crippen LogP contribution in [0.2, 0.25) is 0 Å². The van der Waals surface area contributed by atoms with Crippen LogP contribution < -0.4 is 5.32 Å². The number of aromatic amines is 1. The number of thioether (sulfide) groups is 1. The van der Waals surface area contributed by atoms with Gasteiger partial charge in [-0.2, -0.15) is 0 Å².